The van der Waals surface area contributed by atoms with Crippen molar-refractivity contribution in [2.45, 2.75) is 38.1 Å². The number of aromatic amines is 1. The van der Waals surface area contributed by atoms with Crippen molar-refractivity contribution >= 4 is 16.8 Å². The van der Waals surface area contributed by atoms with Crippen LogP contribution in [0.4, 0.5) is 0 Å². The van der Waals surface area contributed by atoms with Crippen molar-refractivity contribution in [2.75, 3.05) is 26.2 Å². The van der Waals surface area contributed by atoms with Crippen molar-refractivity contribution in [1.29, 1.82) is 0 Å². The molecular formula is C20H25N3O2. The number of piperidine rings is 1. The maximum Gasteiger partial charge on any atom is 0.255 e. The van der Waals surface area contributed by atoms with E-state index in [-0.39, 0.29) is 17.0 Å². The topological polar surface area (TPSA) is 56.4 Å². The number of benzene rings is 1. The minimum atomic E-state index is -0.173. The zero-order valence-corrected chi connectivity index (χ0v) is 14.8. The van der Waals surface area contributed by atoms with E-state index in [9.17, 15) is 9.59 Å². The maximum atomic E-state index is 13.0. The van der Waals surface area contributed by atoms with Gasteiger partial charge >= 0.3 is 0 Å². The number of hydrogen-bond acceptors (Lipinski definition) is 3. The monoisotopic (exact) mass is 339 g/mol. The molecule has 1 N–H and O–H groups in total. The number of hydrogen-bond donors (Lipinski definition) is 1. The summed E-state index contributed by atoms with van der Waals surface area (Å²) in [6, 6.07) is 8.88. The van der Waals surface area contributed by atoms with Crippen LogP contribution in [-0.2, 0) is 0 Å². The van der Waals surface area contributed by atoms with E-state index in [1.807, 2.05) is 23.1 Å². The van der Waals surface area contributed by atoms with E-state index in [0.717, 1.165) is 31.3 Å². The zero-order chi connectivity index (χ0) is 17.4. The molecule has 1 aromatic heterocycles. The molecule has 1 amide bonds. The first kappa shape index (κ1) is 16.3. The number of rotatable bonds is 2. The Labute approximate surface area is 147 Å². The van der Waals surface area contributed by atoms with Crippen molar-refractivity contribution < 1.29 is 4.79 Å². The van der Waals surface area contributed by atoms with Gasteiger partial charge < -0.3 is 9.88 Å². The van der Waals surface area contributed by atoms with Gasteiger partial charge in [-0.2, -0.15) is 0 Å². The van der Waals surface area contributed by atoms with Gasteiger partial charge in [-0.1, -0.05) is 12.1 Å². The molecule has 2 aliphatic heterocycles. The molecule has 2 fully saturated rings. The summed E-state index contributed by atoms with van der Waals surface area (Å²) >= 11 is 0. The van der Waals surface area contributed by atoms with Crippen LogP contribution in [0.2, 0.25) is 0 Å². The molecule has 4 rings (SSSR count). The van der Waals surface area contributed by atoms with Gasteiger partial charge in [0.15, 0.2) is 0 Å². The molecule has 5 heteroatoms. The third kappa shape index (κ3) is 2.97. The minimum absolute atomic E-state index is 0.0240. The second-order valence-electron chi connectivity index (χ2n) is 7.58. The molecule has 2 saturated heterocycles. The molecule has 0 bridgehead atoms. The summed E-state index contributed by atoms with van der Waals surface area (Å²) in [5.74, 6) is 0.0240. The third-order valence-corrected chi connectivity index (χ3v) is 5.99. The highest BCUT2D eigenvalue weighted by atomic mass is 16.2. The van der Waals surface area contributed by atoms with Crippen LogP contribution >= 0.6 is 0 Å². The molecule has 0 radical (unpaired) electrons. The fourth-order valence-electron chi connectivity index (χ4n) is 4.29. The quantitative estimate of drug-likeness (QED) is 0.915. The van der Waals surface area contributed by atoms with Gasteiger partial charge in [-0.25, -0.2) is 0 Å². The van der Waals surface area contributed by atoms with Gasteiger partial charge in [-0.15, -0.1) is 0 Å². The number of carbonyl (C=O) groups is 1. The third-order valence-electron chi connectivity index (χ3n) is 5.99. The van der Waals surface area contributed by atoms with E-state index < -0.39 is 0 Å². The Kier molecular flexibility index (Phi) is 4.12. The molecule has 0 spiro atoms. The van der Waals surface area contributed by atoms with Gasteiger partial charge in [0.2, 0.25) is 5.56 Å². The van der Waals surface area contributed by atoms with Crippen LogP contribution in [0.5, 0.6) is 0 Å². The van der Waals surface area contributed by atoms with Crippen LogP contribution in [-0.4, -0.2) is 52.4 Å². The van der Waals surface area contributed by atoms with E-state index in [2.05, 4.69) is 16.8 Å². The normalized spacial score (nSPS) is 20.9. The first-order chi connectivity index (χ1) is 12.1. The van der Waals surface area contributed by atoms with Gasteiger partial charge in [0.1, 0.15) is 0 Å². The Hall–Kier alpha value is -2.14. The van der Waals surface area contributed by atoms with Crippen molar-refractivity contribution in [2.24, 2.45) is 0 Å². The van der Waals surface area contributed by atoms with Crippen LogP contribution in [0, 0.1) is 0 Å². The average Bonchev–Trinajstić information content (AvgIpc) is 3.17. The molecular weight excluding hydrogens is 314 g/mol. The fraction of sp³-hybridized carbons (Fsp3) is 0.500. The number of likely N-dealkylation sites (tertiary alicyclic amines) is 2. The Morgan fingerprint density at radius 3 is 2.48 bits per heavy atom. The van der Waals surface area contributed by atoms with E-state index >= 15 is 0 Å². The summed E-state index contributed by atoms with van der Waals surface area (Å²) in [5, 5.41) is 0.893. The van der Waals surface area contributed by atoms with Crippen molar-refractivity contribution in [3.05, 3.63) is 46.2 Å². The van der Waals surface area contributed by atoms with Gasteiger partial charge in [-0.3, -0.25) is 14.5 Å². The molecule has 0 atom stereocenters. The van der Waals surface area contributed by atoms with E-state index in [0.29, 0.717) is 11.1 Å². The zero-order valence-electron chi connectivity index (χ0n) is 14.8. The summed E-state index contributed by atoms with van der Waals surface area (Å²) in [7, 11) is 0. The summed E-state index contributed by atoms with van der Waals surface area (Å²) < 4.78 is 0. The van der Waals surface area contributed by atoms with E-state index in [1.54, 1.807) is 6.07 Å². The van der Waals surface area contributed by atoms with Crippen molar-refractivity contribution in [3.8, 4) is 0 Å². The number of aromatic nitrogens is 1. The van der Waals surface area contributed by atoms with Gasteiger partial charge in [0.25, 0.3) is 5.91 Å². The van der Waals surface area contributed by atoms with Crippen LogP contribution in [0.15, 0.2) is 35.1 Å². The number of H-pyrrole nitrogens is 1. The van der Waals surface area contributed by atoms with Gasteiger partial charge in [-0.05, 0) is 63.2 Å². The number of nitrogens with zero attached hydrogens (tertiary/aromatic N) is 2. The van der Waals surface area contributed by atoms with E-state index in [1.165, 1.54) is 32.0 Å². The van der Waals surface area contributed by atoms with Crippen molar-refractivity contribution in [1.82, 2.24) is 14.8 Å². The Morgan fingerprint density at radius 1 is 1.04 bits per heavy atom. The summed E-state index contributed by atoms with van der Waals surface area (Å²) in [6.07, 6.45) is 4.61. The van der Waals surface area contributed by atoms with Crippen LogP contribution in [0.3, 0.4) is 0 Å². The molecule has 132 valence electrons. The molecule has 25 heavy (non-hydrogen) atoms. The molecule has 0 aliphatic carbocycles. The number of nitrogens with one attached hydrogen (secondary N) is 1. The lowest BCUT2D eigenvalue weighted by Crippen LogP contribution is -2.53. The Balaban J connectivity index is 1.55. The molecule has 0 unspecified atom stereocenters. The molecule has 2 aliphatic rings. The first-order valence-corrected chi connectivity index (χ1v) is 9.23. The molecule has 0 saturated carbocycles. The average molecular weight is 339 g/mol. The first-order valence-electron chi connectivity index (χ1n) is 9.23. The number of carbonyl (C=O) groups excluding carboxylic acids is 1. The lowest BCUT2D eigenvalue weighted by atomic mass is 9.87. The Bertz CT molecular complexity index is 843. The number of amides is 1. The molecule has 2 aromatic rings. The van der Waals surface area contributed by atoms with Crippen LogP contribution in [0.25, 0.3) is 10.9 Å². The highest BCUT2D eigenvalue weighted by Crippen LogP contribution is 2.32. The second kappa shape index (κ2) is 6.30. The lowest BCUT2D eigenvalue weighted by Gasteiger charge is -2.45. The number of fused-ring (bicyclic) bond motifs is 1. The molecule has 1 aromatic carbocycles. The van der Waals surface area contributed by atoms with Gasteiger partial charge in [0, 0.05) is 24.7 Å². The minimum Gasteiger partial charge on any atom is -0.338 e. The van der Waals surface area contributed by atoms with E-state index in [4.69, 9.17) is 0 Å². The lowest BCUT2D eigenvalue weighted by molar-refractivity contribution is 0.0407. The van der Waals surface area contributed by atoms with Crippen LogP contribution < -0.4 is 5.56 Å². The fourth-order valence-corrected chi connectivity index (χ4v) is 4.29. The second-order valence-corrected chi connectivity index (χ2v) is 7.58. The highest BCUT2D eigenvalue weighted by Gasteiger charge is 2.38. The smallest absolute Gasteiger partial charge is 0.255 e. The predicted octanol–water partition coefficient (Wildman–Crippen LogP) is 2.62. The summed E-state index contributed by atoms with van der Waals surface area (Å²) in [6.45, 7) is 6.28. The van der Waals surface area contributed by atoms with Crippen LogP contribution in [0.1, 0.15) is 43.0 Å². The SMILES string of the molecule is CC1(N2CCCC2)CCN(C(=O)c2cccc3ccc(=O)[nH]c23)CC1. The Morgan fingerprint density at radius 2 is 1.76 bits per heavy atom. The largest absolute Gasteiger partial charge is 0.338 e. The number of pyridine rings is 1. The molecule has 5 nitrogen and oxygen atoms in total. The standard InChI is InChI=1S/C20H25N3O2/c1-20(23-11-2-3-12-23)9-13-22(14-10-20)19(25)16-6-4-5-15-7-8-17(24)21-18(15)16/h4-8H,2-3,9-14H2,1H3,(H,21,24). The summed E-state index contributed by atoms with van der Waals surface area (Å²) in [4.78, 5) is 32.1. The number of para-hydroxylation sites is 1. The van der Waals surface area contributed by atoms with Gasteiger partial charge in [0.05, 0.1) is 11.1 Å². The predicted molar refractivity (Wildman–Crippen MR) is 98.9 cm³/mol. The molecule has 3 heterocycles. The van der Waals surface area contributed by atoms with Crippen molar-refractivity contribution in [3.63, 3.8) is 0 Å². The maximum absolute atomic E-state index is 13.0. The highest BCUT2D eigenvalue weighted by molar-refractivity contribution is 6.05. The summed E-state index contributed by atoms with van der Waals surface area (Å²) in [5.41, 5.74) is 1.29.